The summed E-state index contributed by atoms with van der Waals surface area (Å²) < 4.78 is 37.3. The van der Waals surface area contributed by atoms with Crippen LogP contribution in [0.4, 0.5) is 5.69 Å². The first-order chi connectivity index (χ1) is 12.9. The Bertz CT molecular complexity index is 931. The van der Waals surface area contributed by atoms with Gasteiger partial charge in [0.05, 0.1) is 11.4 Å². The standard InChI is InChI=1S/C18H19ClN2O5S/c1-2-9-21(27(23,24)15-6-3-13(19)4-7-15)11-18(22)20-14-5-8-16-17(10-14)26-12-25-16/h3-8,10H,2,9,11-12H2,1H3,(H,20,22). The van der Waals surface area contributed by atoms with Crippen LogP contribution in [0.5, 0.6) is 11.5 Å². The average Bonchev–Trinajstić information content (AvgIpc) is 3.09. The van der Waals surface area contributed by atoms with Crippen LogP contribution in [0, 0.1) is 0 Å². The summed E-state index contributed by atoms with van der Waals surface area (Å²) in [6.07, 6.45) is 0.574. The summed E-state index contributed by atoms with van der Waals surface area (Å²) in [5.41, 5.74) is 0.504. The molecule has 0 unspecified atom stereocenters. The summed E-state index contributed by atoms with van der Waals surface area (Å²) in [7, 11) is -3.81. The molecule has 1 N–H and O–H groups in total. The molecule has 9 heteroatoms. The lowest BCUT2D eigenvalue weighted by Crippen LogP contribution is -2.38. The molecule has 1 heterocycles. The maximum Gasteiger partial charge on any atom is 0.243 e. The van der Waals surface area contributed by atoms with Gasteiger partial charge in [-0.25, -0.2) is 8.42 Å². The highest BCUT2D eigenvalue weighted by Crippen LogP contribution is 2.34. The number of anilines is 1. The van der Waals surface area contributed by atoms with Crippen molar-refractivity contribution < 1.29 is 22.7 Å². The van der Waals surface area contributed by atoms with Crippen LogP contribution >= 0.6 is 11.6 Å². The van der Waals surface area contributed by atoms with Gasteiger partial charge in [-0.15, -0.1) is 0 Å². The minimum atomic E-state index is -3.81. The number of hydrogen-bond acceptors (Lipinski definition) is 5. The maximum atomic E-state index is 12.8. The number of hydrogen-bond donors (Lipinski definition) is 1. The average molecular weight is 411 g/mol. The van der Waals surface area contributed by atoms with Crippen molar-refractivity contribution in [2.24, 2.45) is 0 Å². The summed E-state index contributed by atoms with van der Waals surface area (Å²) in [6, 6.07) is 10.9. The Hall–Kier alpha value is -2.29. The number of carbonyl (C=O) groups excluding carboxylic acids is 1. The molecule has 0 radical (unpaired) electrons. The molecule has 1 aliphatic rings. The monoisotopic (exact) mass is 410 g/mol. The zero-order chi connectivity index (χ0) is 19.4. The molecule has 2 aromatic rings. The SMILES string of the molecule is CCCN(CC(=O)Nc1ccc2c(c1)OCO2)S(=O)(=O)c1ccc(Cl)cc1. The number of ether oxygens (including phenoxy) is 2. The van der Waals surface area contributed by atoms with Gasteiger partial charge in [-0.3, -0.25) is 4.79 Å². The molecule has 0 bridgehead atoms. The van der Waals surface area contributed by atoms with Gasteiger partial charge in [0, 0.05) is 23.3 Å². The number of nitrogens with zero attached hydrogens (tertiary/aromatic N) is 1. The molecule has 27 heavy (non-hydrogen) atoms. The zero-order valence-electron chi connectivity index (χ0n) is 14.6. The van der Waals surface area contributed by atoms with Crippen LogP contribution in [0.15, 0.2) is 47.4 Å². The van der Waals surface area contributed by atoms with Crippen molar-refractivity contribution in [1.82, 2.24) is 4.31 Å². The second-order valence-electron chi connectivity index (χ2n) is 5.91. The molecular formula is C18H19ClN2O5S. The van der Waals surface area contributed by atoms with Crippen LogP contribution in [0.2, 0.25) is 5.02 Å². The lowest BCUT2D eigenvalue weighted by molar-refractivity contribution is -0.116. The Morgan fingerprint density at radius 3 is 2.56 bits per heavy atom. The van der Waals surface area contributed by atoms with Gasteiger partial charge in [0.2, 0.25) is 22.7 Å². The molecule has 1 amide bonds. The fourth-order valence-electron chi connectivity index (χ4n) is 2.62. The van der Waals surface area contributed by atoms with E-state index in [4.69, 9.17) is 21.1 Å². The lowest BCUT2D eigenvalue weighted by Gasteiger charge is -2.21. The van der Waals surface area contributed by atoms with E-state index in [-0.39, 0.29) is 24.8 Å². The van der Waals surface area contributed by atoms with Gasteiger partial charge in [0.25, 0.3) is 0 Å². The summed E-state index contributed by atoms with van der Waals surface area (Å²) in [5.74, 6) is 0.692. The molecule has 144 valence electrons. The Morgan fingerprint density at radius 1 is 1.15 bits per heavy atom. The molecular weight excluding hydrogens is 392 g/mol. The Kier molecular flexibility index (Phi) is 5.88. The van der Waals surface area contributed by atoms with E-state index in [0.717, 1.165) is 4.31 Å². The molecule has 0 aliphatic carbocycles. The summed E-state index contributed by atoms with van der Waals surface area (Å²) in [5, 5.41) is 3.13. The molecule has 2 aromatic carbocycles. The molecule has 7 nitrogen and oxygen atoms in total. The van der Waals surface area contributed by atoms with E-state index in [0.29, 0.717) is 28.6 Å². The topological polar surface area (TPSA) is 84.9 Å². The first kappa shape index (κ1) is 19.5. The molecule has 0 spiro atoms. The third kappa shape index (κ3) is 4.52. The first-order valence-electron chi connectivity index (χ1n) is 8.35. The largest absolute Gasteiger partial charge is 0.454 e. The lowest BCUT2D eigenvalue weighted by atomic mass is 10.3. The first-order valence-corrected chi connectivity index (χ1v) is 10.2. The minimum absolute atomic E-state index is 0.0937. The van der Waals surface area contributed by atoms with Crippen LogP contribution in [0.3, 0.4) is 0 Å². The van der Waals surface area contributed by atoms with Crippen molar-refractivity contribution in [2.75, 3.05) is 25.2 Å². The van der Waals surface area contributed by atoms with E-state index in [1.54, 1.807) is 18.2 Å². The Morgan fingerprint density at radius 2 is 1.85 bits per heavy atom. The highest BCUT2D eigenvalue weighted by molar-refractivity contribution is 7.89. The van der Waals surface area contributed by atoms with Crippen LogP contribution in [-0.2, 0) is 14.8 Å². The van der Waals surface area contributed by atoms with Crippen LogP contribution in [0.1, 0.15) is 13.3 Å². The van der Waals surface area contributed by atoms with Gasteiger partial charge in [0.15, 0.2) is 11.5 Å². The number of fused-ring (bicyclic) bond motifs is 1. The number of rotatable bonds is 7. The third-order valence-corrected chi connectivity index (χ3v) is 6.01. The van der Waals surface area contributed by atoms with Crippen molar-refractivity contribution in [3.63, 3.8) is 0 Å². The Labute approximate surface area is 162 Å². The smallest absolute Gasteiger partial charge is 0.243 e. The van der Waals surface area contributed by atoms with E-state index in [1.807, 2.05) is 6.92 Å². The van der Waals surface area contributed by atoms with Gasteiger partial charge in [-0.05, 0) is 42.8 Å². The van der Waals surface area contributed by atoms with Crippen LogP contribution < -0.4 is 14.8 Å². The van der Waals surface area contributed by atoms with E-state index in [2.05, 4.69) is 5.32 Å². The van der Waals surface area contributed by atoms with E-state index in [9.17, 15) is 13.2 Å². The van der Waals surface area contributed by atoms with Crippen molar-refractivity contribution in [3.05, 3.63) is 47.5 Å². The number of amides is 1. The highest BCUT2D eigenvalue weighted by atomic mass is 35.5. The predicted molar refractivity (Wildman–Crippen MR) is 102 cm³/mol. The molecule has 0 fully saturated rings. The van der Waals surface area contributed by atoms with Gasteiger partial charge in [0.1, 0.15) is 0 Å². The van der Waals surface area contributed by atoms with Crippen LogP contribution in [0.25, 0.3) is 0 Å². The normalized spacial score (nSPS) is 13.0. The second kappa shape index (κ2) is 8.16. The number of benzene rings is 2. The third-order valence-electron chi connectivity index (χ3n) is 3.90. The summed E-state index contributed by atoms with van der Waals surface area (Å²) in [4.78, 5) is 12.5. The molecule has 0 aromatic heterocycles. The number of carbonyl (C=O) groups is 1. The quantitative estimate of drug-likeness (QED) is 0.758. The van der Waals surface area contributed by atoms with Crippen molar-refractivity contribution in [3.8, 4) is 11.5 Å². The summed E-state index contributed by atoms with van der Waals surface area (Å²) in [6.45, 7) is 1.91. The van der Waals surface area contributed by atoms with Crippen molar-refractivity contribution >= 4 is 33.2 Å². The van der Waals surface area contributed by atoms with Gasteiger partial charge in [-0.2, -0.15) is 4.31 Å². The van der Waals surface area contributed by atoms with Crippen molar-refractivity contribution in [1.29, 1.82) is 0 Å². The Balaban J connectivity index is 1.73. The highest BCUT2D eigenvalue weighted by Gasteiger charge is 2.26. The van der Waals surface area contributed by atoms with Gasteiger partial charge < -0.3 is 14.8 Å². The molecule has 3 rings (SSSR count). The van der Waals surface area contributed by atoms with Crippen LogP contribution in [-0.4, -0.2) is 38.5 Å². The number of halogens is 1. The van der Waals surface area contributed by atoms with E-state index in [1.165, 1.54) is 24.3 Å². The van der Waals surface area contributed by atoms with E-state index >= 15 is 0 Å². The zero-order valence-corrected chi connectivity index (χ0v) is 16.2. The van der Waals surface area contributed by atoms with E-state index < -0.39 is 15.9 Å². The molecule has 0 atom stereocenters. The van der Waals surface area contributed by atoms with Gasteiger partial charge >= 0.3 is 0 Å². The fraction of sp³-hybridized carbons (Fsp3) is 0.278. The molecule has 0 saturated heterocycles. The maximum absolute atomic E-state index is 12.8. The minimum Gasteiger partial charge on any atom is -0.454 e. The summed E-state index contributed by atoms with van der Waals surface area (Å²) >= 11 is 5.83. The molecule has 1 aliphatic heterocycles. The van der Waals surface area contributed by atoms with Crippen molar-refractivity contribution in [2.45, 2.75) is 18.2 Å². The molecule has 0 saturated carbocycles. The van der Waals surface area contributed by atoms with Gasteiger partial charge in [-0.1, -0.05) is 18.5 Å². The second-order valence-corrected chi connectivity index (χ2v) is 8.28. The number of nitrogens with one attached hydrogen (secondary N) is 1. The fourth-order valence-corrected chi connectivity index (χ4v) is 4.24. The predicted octanol–water partition coefficient (Wildman–Crippen LogP) is 3.11. The number of sulfonamides is 1.